The maximum absolute atomic E-state index is 13.3. The Morgan fingerprint density at radius 2 is 1.50 bits per heavy atom. The highest BCUT2D eigenvalue weighted by Gasteiger charge is 2.31. The van der Waals surface area contributed by atoms with Crippen molar-refractivity contribution in [2.75, 3.05) is 39.3 Å². The zero-order valence-electron chi connectivity index (χ0n) is 23.6. The van der Waals surface area contributed by atoms with Gasteiger partial charge in [0.1, 0.15) is 0 Å². The van der Waals surface area contributed by atoms with Crippen molar-refractivity contribution in [3.8, 4) is 0 Å². The van der Waals surface area contributed by atoms with Gasteiger partial charge in [-0.25, -0.2) is 0 Å². The molecule has 4 rings (SSSR count). The van der Waals surface area contributed by atoms with Gasteiger partial charge in [-0.2, -0.15) is 0 Å². The summed E-state index contributed by atoms with van der Waals surface area (Å²) in [7, 11) is 0. The number of fused-ring (bicyclic) bond motifs is 1. The number of unbranched alkanes of at least 4 members (excludes halogenated alkanes) is 6. The van der Waals surface area contributed by atoms with Crippen molar-refractivity contribution in [2.24, 2.45) is 0 Å². The van der Waals surface area contributed by atoms with Crippen LogP contribution in [0.15, 0.2) is 35.7 Å². The van der Waals surface area contributed by atoms with Gasteiger partial charge in [-0.05, 0) is 54.3 Å². The Morgan fingerprint density at radius 1 is 0.816 bits per heavy atom. The van der Waals surface area contributed by atoms with Crippen LogP contribution in [0.5, 0.6) is 0 Å². The third-order valence-electron chi connectivity index (χ3n) is 8.36. The molecule has 0 radical (unpaired) electrons. The van der Waals surface area contributed by atoms with Crippen molar-refractivity contribution in [1.29, 1.82) is 0 Å². The van der Waals surface area contributed by atoms with Crippen LogP contribution in [0.25, 0.3) is 0 Å². The van der Waals surface area contributed by atoms with E-state index in [0.717, 1.165) is 51.9 Å². The number of amides is 2. The van der Waals surface area contributed by atoms with Gasteiger partial charge in [-0.1, -0.05) is 69.7 Å². The summed E-state index contributed by atoms with van der Waals surface area (Å²) in [5.74, 6) is 0.500. The van der Waals surface area contributed by atoms with Gasteiger partial charge in [0.15, 0.2) is 0 Å². The summed E-state index contributed by atoms with van der Waals surface area (Å²) in [4.78, 5) is 34.1. The fraction of sp³-hybridized carbons (Fsp3) is 0.625. The van der Waals surface area contributed by atoms with Crippen LogP contribution >= 0.6 is 11.3 Å². The average Bonchev–Trinajstić information content (AvgIpc) is 3.27. The average molecular weight is 538 g/mol. The molecule has 1 fully saturated rings. The van der Waals surface area contributed by atoms with E-state index in [0.29, 0.717) is 25.9 Å². The monoisotopic (exact) mass is 537 g/mol. The van der Waals surface area contributed by atoms with Gasteiger partial charge in [-0.15, -0.1) is 11.3 Å². The molecule has 2 aromatic rings. The van der Waals surface area contributed by atoms with E-state index >= 15 is 0 Å². The third-order valence-corrected chi connectivity index (χ3v) is 9.35. The quantitative estimate of drug-likeness (QED) is 0.287. The molecule has 6 heteroatoms. The first-order valence-electron chi connectivity index (χ1n) is 15.0. The topological polar surface area (TPSA) is 43.9 Å². The van der Waals surface area contributed by atoms with E-state index in [9.17, 15) is 9.59 Å². The molecule has 208 valence electrons. The van der Waals surface area contributed by atoms with E-state index in [1.165, 1.54) is 53.7 Å². The minimum absolute atomic E-state index is 0.225. The van der Waals surface area contributed by atoms with Crippen molar-refractivity contribution >= 4 is 23.2 Å². The summed E-state index contributed by atoms with van der Waals surface area (Å²) in [5.41, 5.74) is 4.07. The molecule has 1 saturated heterocycles. The molecule has 2 aliphatic heterocycles. The molecule has 1 unspecified atom stereocenters. The molecular formula is C32H47N3O2S. The highest BCUT2D eigenvalue weighted by atomic mass is 32.1. The molecule has 0 aliphatic carbocycles. The Bertz CT molecular complexity index is 1040. The van der Waals surface area contributed by atoms with Gasteiger partial charge >= 0.3 is 0 Å². The zero-order valence-corrected chi connectivity index (χ0v) is 24.4. The molecule has 0 saturated carbocycles. The summed E-state index contributed by atoms with van der Waals surface area (Å²) in [6.45, 7) is 9.07. The maximum Gasteiger partial charge on any atom is 0.223 e. The van der Waals surface area contributed by atoms with E-state index in [1.807, 2.05) is 21.1 Å². The molecule has 1 aromatic heterocycles. The molecule has 2 amide bonds. The lowest BCUT2D eigenvalue weighted by atomic mass is 9.90. The lowest BCUT2D eigenvalue weighted by molar-refractivity contribution is -0.133. The Hall–Kier alpha value is -2.18. The van der Waals surface area contributed by atoms with E-state index in [-0.39, 0.29) is 17.9 Å². The smallest absolute Gasteiger partial charge is 0.223 e. The van der Waals surface area contributed by atoms with Crippen LogP contribution in [0, 0.1) is 6.92 Å². The van der Waals surface area contributed by atoms with Crippen molar-refractivity contribution in [2.45, 2.75) is 90.5 Å². The number of carbonyl (C=O) groups is 2. The Balaban J connectivity index is 1.25. The second-order valence-electron chi connectivity index (χ2n) is 11.1. The van der Waals surface area contributed by atoms with Gasteiger partial charge < -0.3 is 9.80 Å². The van der Waals surface area contributed by atoms with Crippen molar-refractivity contribution < 1.29 is 9.59 Å². The molecule has 38 heavy (non-hydrogen) atoms. The van der Waals surface area contributed by atoms with Crippen LogP contribution in [0.1, 0.15) is 98.7 Å². The van der Waals surface area contributed by atoms with Gasteiger partial charge in [0.2, 0.25) is 11.8 Å². The summed E-state index contributed by atoms with van der Waals surface area (Å²) < 4.78 is 0. The molecule has 1 aromatic carbocycles. The SMILES string of the molecule is CCCCCCCCCC(=O)N1CCCN(C(=O)CCN2CCc3sccc3C2c2ccccc2C)CC1. The lowest BCUT2D eigenvalue weighted by Gasteiger charge is -2.37. The first kappa shape index (κ1) is 28.8. The van der Waals surface area contributed by atoms with Crippen LogP contribution in [-0.2, 0) is 16.0 Å². The highest BCUT2D eigenvalue weighted by Crippen LogP contribution is 2.38. The fourth-order valence-electron chi connectivity index (χ4n) is 6.07. The zero-order chi connectivity index (χ0) is 26.7. The normalized spacial score (nSPS) is 18.3. The number of nitrogens with zero attached hydrogens (tertiary/aromatic N) is 3. The second-order valence-corrected chi connectivity index (χ2v) is 12.1. The Labute approximate surface area is 234 Å². The highest BCUT2D eigenvalue weighted by molar-refractivity contribution is 7.10. The predicted molar refractivity (Wildman–Crippen MR) is 158 cm³/mol. The molecule has 0 spiro atoms. The summed E-state index contributed by atoms with van der Waals surface area (Å²) in [5, 5.41) is 2.21. The van der Waals surface area contributed by atoms with Gasteiger partial charge in [0.25, 0.3) is 0 Å². The van der Waals surface area contributed by atoms with Crippen LogP contribution < -0.4 is 0 Å². The summed E-state index contributed by atoms with van der Waals surface area (Å²) in [6.07, 6.45) is 11.7. The Morgan fingerprint density at radius 3 is 2.24 bits per heavy atom. The summed E-state index contributed by atoms with van der Waals surface area (Å²) in [6, 6.07) is 11.2. The fourth-order valence-corrected chi connectivity index (χ4v) is 6.98. The number of hydrogen-bond donors (Lipinski definition) is 0. The predicted octanol–water partition coefficient (Wildman–Crippen LogP) is 6.60. The van der Waals surface area contributed by atoms with Gasteiger partial charge in [0, 0.05) is 57.0 Å². The molecule has 2 aliphatic rings. The number of rotatable bonds is 12. The van der Waals surface area contributed by atoms with Crippen LogP contribution in [0.2, 0.25) is 0 Å². The molecule has 0 bridgehead atoms. The van der Waals surface area contributed by atoms with Crippen molar-refractivity contribution in [3.05, 3.63) is 57.3 Å². The van der Waals surface area contributed by atoms with Crippen molar-refractivity contribution in [1.82, 2.24) is 14.7 Å². The van der Waals surface area contributed by atoms with Crippen LogP contribution in [-0.4, -0.2) is 65.8 Å². The number of carbonyl (C=O) groups excluding carboxylic acids is 2. The van der Waals surface area contributed by atoms with Gasteiger partial charge in [0.05, 0.1) is 6.04 Å². The minimum Gasteiger partial charge on any atom is -0.341 e. The summed E-state index contributed by atoms with van der Waals surface area (Å²) >= 11 is 1.86. The lowest BCUT2D eigenvalue weighted by Crippen LogP contribution is -2.41. The molecule has 3 heterocycles. The second kappa shape index (κ2) is 14.8. The Kier molecular flexibility index (Phi) is 11.2. The standard InChI is InChI=1S/C32H47N3O2S/c1-3-4-5-6-7-8-9-15-30(36)33-19-12-20-34(24-23-33)31(37)17-22-35-21-16-29-28(18-25-38-29)32(35)27-14-11-10-13-26(27)2/h10-11,13-14,18,25,32H,3-9,12,15-17,19-24H2,1-2H3. The number of benzene rings is 1. The first-order chi connectivity index (χ1) is 18.6. The molecule has 1 atom stereocenters. The van der Waals surface area contributed by atoms with E-state index < -0.39 is 0 Å². The van der Waals surface area contributed by atoms with E-state index in [4.69, 9.17) is 0 Å². The third kappa shape index (κ3) is 7.69. The number of hydrogen-bond acceptors (Lipinski definition) is 4. The van der Waals surface area contributed by atoms with Crippen LogP contribution in [0.4, 0.5) is 0 Å². The van der Waals surface area contributed by atoms with E-state index in [2.05, 4.69) is 54.5 Å². The van der Waals surface area contributed by atoms with E-state index in [1.54, 1.807) is 0 Å². The number of thiophene rings is 1. The molecule has 5 nitrogen and oxygen atoms in total. The minimum atomic E-state index is 0.225. The molecule has 0 N–H and O–H groups in total. The maximum atomic E-state index is 13.3. The van der Waals surface area contributed by atoms with Crippen LogP contribution in [0.3, 0.4) is 0 Å². The number of aryl methyl sites for hydroxylation is 1. The van der Waals surface area contributed by atoms with Crippen molar-refractivity contribution in [3.63, 3.8) is 0 Å². The first-order valence-corrected chi connectivity index (χ1v) is 15.9. The molecular weight excluding hydrogens is 490 g/mol. The largest absolute Gasteiger partial charge is 0.341 e. The van der Waals surface area contributed by atoms with Gasteiger partial charge in [-0.3, -0.25) is 14.5 Å².